The largest absolute Gasteiger partial charge is 0.396 e. The maximum Gasteiger partial charge on any atom is 0.137 e. The van der Waals surface area contributed by atoms with Crippen LogP contribution < -0.4 is 4.90 Å². The Labute approximate surface area is 82.6 Å². The predicted octanol–water partition coefficient (Wildman–Crippen LogP) is -3.51. The fraction of sp³-hybridized carbons (Fsp3) is 1.00. The molecule has 0 aromatic rings. The van der Waals surface area contributed by atoms with Gasteiger partial charge in [0.2, 0.25) is 0 Å². The molecule has 6 atom stereocenters. The monoisotopic (exact) mass is 204 g/mol. The van der Waals surface area contributed by atoms with Crippen LogP contribution in [0.5, 0.6) is 0 Å². The lowest BCUT2D eigenvalue weighted by molar-refractivity contribution is -0.927. The summed E-state index contributed by atoms with van der Waals surface area (Å²) < 4.78 is 0. The molecule has 5 heteroatoms. The Bertz CT molecular complexity index is 211. The van der Waals surface area contributed by atoms with Gasteiger partial charge in [0.1, 0.15) is 36.9 Å². The lowest BCUT2D eigenvalue weighted by atomic mass is 10.0. The Hall–Kier alpha value is -0.200. The van der Waals surface area contributed by atoms with Crippen LogP contribution in [0, 0.1) is 0 Å². The average molecular weight is 204 g/mol. The van der Waals surface area contributed by atoms with E-state index in [2.05, 4.69) is 0 Å². The Morgan fingerprint density at radius 3 is 2.50 bits per heavy atom. The quantitative estimate of drug-likeness (QED) is 0.323. The highest BCUT2D eigenvalue weighted by atomic mass is 16.3. The summed E-state index contributed by atoms with van der Waals surface area (Å²) in [5.41, 5.74) is 0. The molecule has 0 spiro atoms. The van der Waals surface area contributed by atoms with Crippen molar-refractivity contribution in [1.82, 2.24) is 0 Å². The highest BCUT2D eigenvalue weighted by molar-refractivity contribution is 4.92. The molecule has 0 aliphatic carbocycles. The summed E-state index contributed by atoms with van der Waals surface area (Å²) in [5, 5.41) is 37.7. The van der Waals surface area contributed by atoms with Gasteiger partial charge < -0.3 is 25.3 Å². The van der Waals surface area contributed by atoms with Gasteiger partial charge >= 0.3 is 0 Å². The van der Waals surface area contributed by atoms with E-state index in [1.807, 2.05) is 0 Å². The second kappa shape index (κ2) is 3.75. The molecule has 5 N–H and O–H groups in total. The summed E-state index contributed by atoms with van der Waals surface area (Å²) in [7, 11) is 0. The number of aliphatic hydroxyl groups excluding tert-OH is 4. The van der Waals surface area contributed by atoms with E-state index >= 15 is 0 Å². The summed E-state index contributed by atoms with van der Waals surface area (Å²) in [6.07, 6.45) is -0.849. The highest BCUT2D eigenvalue weighted by Crippen LogP contribution is 2.19. The first kappa shape index (κ1) is 10.3. The van der Waals surface area contributed by atoms with Crippen LogP contribution in [-0.4, -0.2) is 64.0 Å². The number of rotatable bonds is 2. The number of quaternary nitrogens is 1. The van der Waals surface area contributed by atoms with E-state index in [0.29, 0.717) is 19.4 Å². The van der Waals surface area contributed by atoms with Crippen molar-refractivity contribution in [3.8, 4) is 0 Å². The molecule has 0 amide bonds. The van der Waals surface area contributed by atoms with E-state index in [1.165, 1.54) is 0 Å². The second-order valence-electron chi connectivity index (χ2n) is 4.38. The highest BCUT2D eigenvalue weighted by Gasteiger charge is 2.55. The van der Waals surface area contributed by atoms with Crippen molar-refractivity contribution in [3.63, 3.8) is 0 Å². The fourth-order valence-corrected chi connectivity index (χ4v) is 2.93. The van der Waals surface area contributed by atoms with Crippen molar-refractivity contribution in [2.75, 3.05) is 13.2 Å². The van der Waals surface area contributed by atoms with E-state index < -0.39 is 12.2 Å². The summed E-state index contributed by atoms with van der Waals surface area (Å²) in [6, 6.07) is -0.186. The molecule has 2 heterocycles. The van der Waals surface area contributed by atoms with E-state index in [-0.39, 0.29) is 24.8 Å². The summed E-state index contributed by atoms with van der Waals surface area (Å²) in [6.45, 7) is 0.588. The lowest BCUT2D eigenvalue weighted by Crippen LogP contribution is -3.16. The molecule has 14 heavy (non-hydrogen) atoms. The van der Waals surface area contributed by atoms with Crippen LogP contribution in [0.2, 0.25) is 0 Å². The number of hydrogen-bond donors (Lipinski definition) is 5. The van der Waals surface area contributed by atoms with Crippen molar-refractivity contribution >= 4 is 0 Å². The van der Waals surface area contributed by atoms with Gasteiger partial charge in [0.05, 0.1) is 0 Å². The lowest BCUT2D eigenvalue weighted by Gasteiger charge is -2.20. The standard InChI is InChI=1S/C9H17NO4/c11-2-1-6-8(13)9(14)7-3-5(12)4-10(6)7/h5-9,11-14H,1-4H2/p+1/t5-,6+,7-,8+,9-/m1/s1. The first-order valence-electron chi connectivity index (χ1n) is 5.15. The average Bonchev–Trinajstić information content (AvgIpc) is 2.61. The Kier molecular flexibility index (Phi) is 2.77. The Morgan fingerprint density at radius 2 is 1.86 bits per heavy atom. The van der Waals surface area contributed by atoms with E-state index in [0.717, 1.165) is 4.90 Å². The number of fused-ring (bicyclic) bond motifs is 1. The minimum Gasteiger partial charge on any atom is -0.396 e. The van der Waals surface area contributed by atoms with Crippen molar-refractivity contribution in [2.45, 2.75) is 43.2 Å². The molecule has 2 rings (SSSR count). The van der Waals surface area contributed by atoms with Crippen LogP contribution in [0.15, 0.2) is 0 Å². The molecule has 2 aliphatic heterocycles. The van der Waals surface area contributed by atoms with E-state index in [4.69, 9.17) is 5.11 Å². The predicted molar refractivity (Wildman–Crippen MR) is 47.7 cm³/mol. The molecule has 0 saturated carbocycles. The first-order valence-corrected chi connectivity index (χ1v) is 5.15. The van der Waals surface area contributed by atoms with Gasteiger partial charge in [0, 0.05) is 19.4 Å². The molecule has 0 bridgehead atoms. The minimum absolute atomic E-state index is 0.0146. The van der Waals surface area contributed by atoms with Gasteiger partial charge in [-0.2, -0.15) is 0 Å². The molecule has 0 aromatic heterocycles. The number of nitrogens with one attached hydrogen (secondary N) is 1. The molecule has 2 aliphatic rings. The van der Waals surface area contributed by atoms with Gasteiger partial charge in [-0.15, -0.1) is 0 Å². The van der Waals surface area contributed by atoms with Gasteiger partial charge in [-0.1, -0.05) is 0 Å². The van der Waals surface area contributed by atoms with Crippen LogP contribution in [-0.2, 0) is 0 Å². The van der Waals surface area contributed by atoms with Crippen LogP contribution >= 0.6 is 0 Å². The summed E-state index contributed by atoms with van der Waals surface area (Å²) in [5.74, 6) is 0. The molecule has 2 saturated heterocycles. The fourth-order valence-electron chi connectivity index (χ4n) is 2.93. The summed E-state index contributed by atoms with van der Waals surface area (Å²) in [4.78, 5) is 1.05. The zero-order valence-corrected chi connectivity index (χ0v) is 8.00. The zero-order chi connectivity index (χ0) is 10.3. The molecule has 2 fully saturated rings. The molecular formula is C9H18NO4+. The van der Waals surface area contributed by atoms with Crippen LogP contribution in [0.4, 0.5) is 0 Å². The Balaban J connectivity index is 2.10. The zero-order valence-electron chi connectivity index (χ0n) is 8.00. The third-order valence-corrected chi connectivity index (χ3v) is 3.56. The van der Waals surface area contributed by atoms with Gasteiger partial charge in [-0.3, -0.25) is 0 Å². The molecule has 82 valence electrons. The van der Waals surface area contributed by atoms with E-state index in [1.54, 1.807) is 0 Å². The number of hydrogen-bond acceptors (Lipinski definition) is 4. The van der Waals surface area contributed by atoms with Crippen molar-refractivity contribution < 1.29 is 25.3 Å². The molecule has 1 unspecified atom stereocenters. The van der Waals surface area contributed by atoms with Gasteiger partial charge in [0.25, 0.3) is 0 Å². The molecule has 5 nitrogen and oxygen atoms in total. The van der Waals surface area contributed by atoms with Gasteiger partial charge in [0.15, 0.2) is 0 Å². The summed E-state index contributed by atoms with van der Waals surface area (Å²) >= 11 is 0. The molecule has 0 aromatic carbocycles. The van der Waals surface area contributed by atoms with Crippen LogP contribution in [0.25, 0.3) is 0 Å². The van der Waals surface area contributed by atoms with Crippen LogP contribution in [0.3, 0.4) is 0 Å². The normalized spacial score (nSPS) is 52.3. The topological polar surface area (TPSA) is 85.4 Å². The van der Waals surface area contributed by atoms with Crippen molar-refractivity contribution in [2.24, 2.45) is 0 Å². The van der Waals surface area contributed by atoms with Crippen molar-refractivity contribution in [3.05, 3.63) is 0 Å². The van der Waals surface area contributed by atoms with Gasteiger partial charge in [-0.05, 0) is 0 Å². The third kappa shape index (κ3) is 1.45. The van der Waals surface area contributed by atoms with Crippen molar-refractivity contribution in [1.29, 1.82) is 0 Å². The Morgan fingerprint density at radius 1 is 1.14 bits per heavy atom. The number of aliphatic hydroxyl groups is 4. The van der Waals surface area contributed by atoms with Gasteiger partial charge in [-0.25, -0.2) is 0 Å². The first-order chi connectivity index (χ1) is 6.65. The third-order valence-electron chi connectivity index (χ3n) is 3.56. The second-order valence-corrected chi connectivity index (χ2v) is 4.38. The smallest absolute Gasteiger partial charge is 0.137 e. The maximum absolute atomic E-state index is 9.72. The molecule has 0 radical (unpaired) electrons. The molecular weight excluding hydrogens is 186 g/mol. The minimum atomic E-state index is -0.755. The maximum atomic E-state index is 9.72. The van der Waals surface area contributed by atoms with E-state index in [9.17, 15) is 15.3 Å². The SMILES string of the molecule is OCC[C@H]1[C@H](O)[C@H](O)[C@H]2C[C@@H](O)C[NH+]21. The van der Waals surface area contributed by atoms with Crippen LogP contribution in [0.1, 0.15) is 12.8 Å².